The number of amides is 1. The lowest BCUT2D eigenvalue weighted by molar-refractivity contribution is 0.102. The number of imidazole rings is 2. The summed E-state index contributed by atoms with van der Waals surface area (Å²) in [7, 11) is 0. The molecular weight excluding hydrogens is 342 g/mol. The molecule has 7 nitrogen and oxygen atoms in total. The van der Waals surface area contributed by atoms with E-state index in [9.17, 15) is 9.59 Å². The molecule has 2 aromatic heterocycles. The van der Waals surface area contributed by atoms with Crippen LogP contribution in [-0.2, 0) is 6.54 Å². The Morgan fingerprint density at radius 1 is 1.15 bits per heavy atom. The van der Waals surface area contributed by atoms with Crippen molar-refractivity contribution in [3.05, 3.63) is 81.8 Å². The lowest BCUT2D eigenvalue weighted by Crippen LogP contribution is -2.13. The number of aromatic nitrogens is 4. The molecule has 0 saturated carbocycles. The summed E-state index contributed by atoms with van der Waals surface area (Å²) < 4.78 is 2.03. The Morgan fingerprint density at radius 2 is 1.93 bits per heavy atom. The molecule has 0 radical (unpaired) electrons. The monoisotopic (exact) mass is 361 g/mol. The van der Waals surface area contributed by atoms with Crippen molar-refractivity contribution in [2.24, 2.45) is 0 Å². The maximum absolute atomic E-state index is 12.7. The number of aromatic amines is 2. The molecule has 7 heteroatoms. The van der Waals surface area contributed by atoms with Crippen molar-refractivity contribution in [2.45, 2.75) is 20.4 Å². The Kier molecular flexibility index (Phi) is 4.12. The zero-order valence-corrected chi connectivity index (χ0v) is 15.0. The van der Waals surface area contributed by atoms with Gasteiger partial charge in [0.2, 0.25) is 0 Å². The minimum absolute atomic E-state index is 0.195. The summed E-state index contributed by atoms with van der Waals surface area (Å²) in [5.41, 5.74) is 4.24. The highest BCUT2D eigenvalue weighted by atomic mass is 16.2. The average molecular weight is 361 g/mol. The Hall–Kier alpha value is -3.61. The highest BCUT2D eigenvalue weighted by Crippen LogP contribution is 2.21. The first-order valence-corrected chi connectivity index (χ1v) is 8.60. The Bertz CT molecular complexity index is 1200. The molecule has 0 spiro atoms. The number of nitrogens with zero attached hydrogens (tertiary/aromatic N) is 2. The summed E-state index contributed by atoms with van der Waals surface area (Å²) in [5.74, 6) is 0.730. The van der Waals surface area contributed by atoms with E-state index in [4.69, 9.17) is 0 Å². The van der Waals surface area contributed by atoms with E-state index in [2.05, 4.69) is 20.3 Å². The van der Waals surface area contributed by atoms with Crippen LogP contribution in [0.25, 0.3) is 11.0 Å². The van der Waals surface area contributed by atoms with E-state index in [0.29, 0.717) is 28.8 Å². The molecule has 0 atom stereocenters. The first kappa shape index (κ1) is 16.8. The van der Waals surface area contributed by atoms with Crippen molar-refractivity contribution in [3.8, 4) is 0 Å². The van der Waals surface area contributed by atoms with Crippen molar-refractivity contribution in [1.82, 2.24) is 19.5 Å². The second kappa shape index (κ2) is 6.60. The van der Waals surface area contributed by atoms with E-state index >= 15 is 0 Å². The fourth-order valence-electron chi connectivity index (χ4n) is 3.10. The molecule has 2 heterocycles. The third kappa shape index (κ3) is 3.39. The summed E-state index contributed by atoms with van der Waals surface area (Å²) >= 11 is 0. The molecule has 1 amide bonds. The molecule has 0 bridgehead atoms. The van der Waals surface area contributed by atoms with Crippen LogP contribution < -0.4 is 11.0 Å². The van der Waals surface area contributed by atoms with E-state index in [0.717, 1.165) is 17.0 Å². The van der Waals surface area contributed by atoms with Gasteiger partial charge in [0.1, 0.15) is 5.82 Å². The van der Waals surface area contributed by atoms with Gasteiger partial charge in [0, 0.05) is 30.2 Å². The van der Waals surface area contributed by atoms with Gasteiger partial charge in [-0.1, -0.05) is 12.1 Å². The number of rotatable bonds is 4. The van der Waals surface area contributed by atoms with Gasteiger partial charge in [-0.2, -0.15) is 0 Å². The SMILES string of the molecule is Cc1cc2[nH]c(=O)[nH]c2cc1NC(=O)c1cccc(Cn2ccnc2C)c1. The molecule has 136 valence electrons. The van der Waals surface area contributed by atoms with Gasteiger partial charge >= 0.3 is 5.69 Å². The van der Waals surface area contributed by atoms with Gasteiger partial charge < -0.3 is 19.9 Å². The van der Waals surface area contributed by atoms with Crippen molar-refractivity contribution in [3.63, 3.8) is 0 Å². The number of benzene rings is 2. The summed E-state index contributed by atoms with van der Waals surface area (Å²) in [4.78, 5) is 33.8. The molecular formula is C20H19N5O2. The Morgan fingerprint density at radius 3 is 2.67 bits per heavy atom. The van der Waals surface area contributed by atoms with Gasteiger partial charge in [0.15, 0.2) is 0 Å². The quantitative estimate of drug-likeness (QED) is 0.521. The van der Waals surface area contributed by atoms with Crippen molar-refractivity contribution in [1.29, 1.82) is 0 Å². The number of hydrogen-bond acceptors (Lipinski definition) is 3. The highest BCUT2D eigenvalue weighted by molar-refractivity contribution is 6.05. The number of H-pyrrole nitrogens is 2. The van der Waals surface area contributed by atoms with E-state index < -0.39 is 0 Å². The molecule has 0 unspecified atom stereocenters. The second-order valence-corrected chi connectivity index (χ2v) is 6.55. The van der Waals surface area contributed by atoms with Crippen LogP contribution in [0.5, 0.6) is 0 Å². The van der Waals surface area contributed by atoms with E-state index in [1.54, 1.807) is 18.3 Å². The summed E-state index contributed by atoms with van der Waals surface area (Å²) in [6.07, 6.45) is 3.68. The molecule has 2 aromatic carbocycles. The van der Waals surface area contributed by atoms with E-state index in [1.165, 1.54) is 0 Å². The van der Waals surface area contributed by atoms with Gasteiger partial charge in [-0.05, 0) is 49.2 Å². The summed E-state index contributed by atoms with van der Waals surface area (Å²) in [6.45, 7) is 4.49. The van der Waals surface area contributed by atoms with E-state index in [-0.39, 0.29) is 11.6 Å². The minimum atomic E-state index is -0.268. The van der Waals surface area contributed by atoms with E-state index in [1.807, 2.05) is 48.9 Å². The molecule has 4 aromatic rings. The first-order chi connectivity index (χ1) is 13.0. The summed E-state index contributed by atoms with van der Waals surface area (Å²) in [5, 5.41) is 2.93. The third-order valence-corrected chi connectivity index (χ3v) is 4.57. The molecule has 3 N–H and O–H groups in total. The number of carbonyl (C=O) groups is 1. The molecule has 4 rings (SSSR count). The maximum atomic E-state index is 12.7. The highest BCUT2D eigenvalue weighted by Gasteiger charge is 2.11. The third-order valence-electron chi connectivity index (χ3n) is 4.57. The van der Waals surface area contributed by atoms with Crippen LogP contribution in [0.1, 0.15) is 27.3 Å². The first-order valence-electron chi connectivity index (χ1n) is 8.60. The maximum Gasteiger partial charge on any atom is 0.323 e. The van der Waals surface area contributed by atoms with Gasteiger partial charge in [0.05, 0.1) is 11.0 Å². The van der Waals surface area contributed by atoms with Crippen LogP contribution >= 0.6 is 0 Å². The fraction of sp³-hybridized carbons (Fsp3) is 0.150. The molecule has 0 aliphatic rings. The second-order valence-electron chi connectivity index (χ2n) is 6.55. The van der Waals surface area contributed by atoms with Crippen LogP contribution in [0.2, 0.25) is 0 Å². The Labute approximate surface area is 155 Å². The largest absolute Gasteiger partial charge is 0.331 e. The minimum Gasteiger partial charge on any atom is -0.331 e. The normalized spacial score (nSPS) is 11.0. The number of fused-ring (bicyclic) bond motifs is 1. The van der Waals surface area contributed by atoms with Crippen molar-refractivity contribution >= 4 is 22.6 Å². The predicted octanol–water partition coefficient (Wildman–Crippen LogP) is 2.97. The van der Waals surface area contributed by atoms with Gasteiger partial charge in [0.25, 0.3) is 5.91 Å². The fourth-order valence-corrected chi connectivity index (χ4v) is 3.10. The number of nitrogens with one attached hydrogen (secondary N) is 3. The van der Waals surface area contributed by atoms with Crippen LogP contribution in [0, 0.1) is 13.8 Å². The van der Waals surface area contributed by atoms with Crippen LogP contribution in [0.4, 0.5) is 5.69 Å². The average Bonchev–Trinajstić information content (AvgIpc) is 3.20. The lowest BCUT2D eigenvalue weighted by atomic mass is 10.1. The van der Waals surface area contributed by atoms with Crippen LogP contribution in [0.3, 0.4) is 0 Å². The van der Waals surface area contributed by atoms with Crippen LogP contribution in [-0.4, -0.2) is 25.4 Å². The van der Waals surface area contributed by atoms with Gasteiger partial charge in [-0.3, -0.25) is 4.79 Å². The Balaban J connectivity index is 1.58. The molecule has 27 heavy (non-hydrogen) atoms. The summed E-state index contributed by atoms with van der Waals surface area (Å²) in [6, 6.07) is 11.1. The van der Waals surface area contributed by atoms with Crippen molar-refractivity contribution < 1.29 is 4.79 Å². The van der Waals surface area contributed by atoms with Gasteiger partial charge in [-0.15, -0.1) is 0 Å². The number of aryl methyl sites for hydroxylation is 2. The number of hydrogen-bond donors (Lipinski definition) is 3. The number of carbonyl (C=O) groups excluding carboxylic acids is 1. The standard InChI is InChI=1S/C20H19N5O2/c1-12-8-17-18(24-20(27)23-17)10-16(12)22-19(26)15-5-3-4-14(9-15)11-25-7-6-21-13(25)2/h3-10H,11H2,1-2H3,(H,22,26)(H2,23,24,27). The molecule has 0 aliphatic heterocycles. The van der Waals surface area contributed by atoms with Crippen molar-refractivity contribution in [2.75, 3.05) is 5.32 Å². The topological polar surface area (TPSA) is 95.6 Å². The molecule has 0 fully saturated rings. The molecule has 0 saturated heterocycles. The molecule has 0 aliphatic carbocycles. The zero-order chi connectivity index (χ0) is 19.0. The van der Waals surface area contributed by atoms with Crippen LogP contribution in [0.15, 0.2) is 53.6 Å². The smallest absolute Gasteiger partial charge is 0.323 e. The predicted molar refractivity (Wildman–Crippen MR) is 104 cm³/mol. The zero-order valence-electron chi connectivity index (χ0n) is 15.0. The number of anilines is 1. The lowest BCUT2D eigenvalue weighted by Gasteiger charge is -2.10. The van der Waals surface area contributed by atoms with Gasteiger partial charge in [-0.25, -0.2) is 9.78 Å².